The first-order chi connectivity index (χ1) is 17.3. The average molecular weight is 504 g/mol. The van der Waals surface area contributed by atoms with Crippen molar-refractivity contribution in [2.45, 2.75) is 12.1 Å². The number of anilines is 1. The van der Waals surface area contributed by atoms with Gasteiger partial charge in [-0.25, -0.2) is 14.0 Å². The van der Waals surface area contributed by atoms with E-state index in [1.54, 1.807) is 41.4 Å². The van der Waals surface area contributed by atoms with Crippen LogP contribution in [0.1, 0.15) is 44.3 Å². The van der Waals surface area contributed by atoms with Gasteiger partial charge in [0.15, 0.2) is 5.11 Å². The third-order valence-corrected chi connectivity index (χ3v) is 6.15. The lowest BCUT2D eigenvalue weighted by molar-refractivity contribution is 0.0696. The lowest BCUT2D eigenvalue weighted by Gasteiger charge is -2.26. The summed E-state index contributed by atoms with van der Waals surface area (Å²) in [6.07, 6.45) is 1.66. The van der Waals surface area contributed by atoms with Gasteiger partial charge in [-0.1, -0.05) is 6.07 Å². The number of hydrogen-bond donors (Lipinski definition) is 3. The maximum absolute atomic E-state index is 13.6. The maximum atomic E-state index is 13.6. The Morgan fingerprint density at radius 2 is 1.67 bits per heavy atom. The smallest absolute Gasteiger partial charge is 0.335 e. The van der Waals surface area contributed by atoms with Gasteiger partial charge in [-0.3, -0.25) is 4.98 Å². The number of halogens is 1. The summed E-state index contributed by atoms with van der Waals surface area (Å²) in [5.74, 6) is -2.15. The topological polar surface area (TPSA) is 116 Å². The summed E-state index contributed by atoms with van der Waals surface area (Å²) in [6.45, 7) is 0. The number of aromatic carboxylic acids is 2. The molecule has 0 bridgehead atoms. The van der Waals surface area contributed by atoms with Crippen LogP contribution in [0.25, 0.3) is 11.3 Å². The highest BCUT2D eigenvalue weighted by atomic mass is 32.1. The zero-order chi connectivity index (χ0) is 25.4. The molecule has 36 heavy (non-hydrogen) atoms. The second kappa shape index (κ2) is 9.23. The fourth-order valence-corrected chi connectivity index (χ4v) is 4.55. The van der Waals surface area contributed by atoms with Crippen molar-refractivity contribution in [3.8, 4) is 11.3 Å². The predicted octanol–water partition coefficient (Wildman–Crippen LogP) is 5.05. The van der Waals surface area contributed by atoms with Crippen LogP contribution in [-0.2, 0) is 0 Å². The molecule has 4 aromatic rings. The molecule has 0 radical (unpaired) electrons. The van der Waals surface area contributed by atoms with Crippen LogP contribution in [-0.4, -0.2) is 32.2 Å². The SMILES string of the molecule is O=C(O)c1cc(C(=O)O)cc(-c2ccc([C@H]3[C@@H](c4ccccn4)NC(=S)N3c3ccc(F)cc3)o2)c1. The van der Waals surface area contributed by atoms with Crippen LogP contribution in [0.5, 0.6) is 0 Å². The fourth-order valence-electron chi connectivity index (χ4n) is 4.21. The third kappa shape index (κ3) is 4.29. The molecule has 5 rings (SSSR count). The Hall–Kier alpha value is -4.57. The van der Waals surface area contributed by atoms with E-state index in [1.807, 2.05) is 12.1 Å². The predicted molar refractivity (Wildman–Crippen MR) is 132 cm³/mol. The Kier molecular flexibility index (Phi) is 5.95. The van der Waals surface area contributed by atoms with Crippen LogP contribution < -0.4 is 10.2 Å². The molecule has 0 saturated carbocycles. The van der Waals surface area contributed by atoms with Crippen LogP contribution >= 0.6 is 12.2 Å². The van der Waals surface area contributed by atoms with E-state index < -0.39 is 24.0 Å². The average Bonchev–Trinajstić information content (AvgIpc) is 3.49. The quantitative estimate of drug-likeness (QED) is 0.311. The minimum Gasteiger partial charge on any atom is -0.478 e. The minimum absolute atomic E-state index is 0.175. The molecule has 1 aliphatic rings. The van der Waals surface area contributed by atoms with Gasteiger partial charge in [-0.2, -0.15) is 0 Å². The summed E-state index contributed by atoms with van der Waals surface area (Å²) >= 11 is 5.62. The van der Waals surface area contributed by atoms with Crippen LogP contribution in [0.3, 0.4) is 0 Å². The number of hydrogen-bond acceptors (Lipinski definition) is 5. The number of aromatic nitrogens is 1. The standard InChI is InChI=1S/C26H18FN3O5S/c27-17-4-6-18(7-5-17)30-23(22(29-26(30)36)19-3-1-2-10-28-19)21-9-8-20(35-21)14-11-15(24(31)32)13-16(12-14)25(33)34/h1-13,22-23H,(H,29,36)(H,31,32)(H,33,34)/t22-,23+/m1/s1. The number of benzene rings is 2. The Labute approximate surface area is 209 Å². The van der Waals surface area contributed by atoms with Gasteiger partial charge in [0.2, 0.25) is 0 Å². The highest BCUT2D eigenvalue weighted by Gasteiger charge is 2.42. The first kappa shape index (κ1) is 23.2. The van der Waals surface area contributed by atoms with E-state index in [1.165, 1.54) is 24.3 Å². The highest BCUT2D eigenvalue weighted by Crippen LogP contribution is 2.43. The molecular weight excluding hydrogens is 485 g/mol. The van der Waals surface area contributed by atoms with Crippen LogP contribution in [0.15, 0.2) is 83.4 Å². The Morgan fingerprint density at radius 1 is 0.972 bits per heavy atom. The Morgan fingerprint density at radius 3 is 2.28 bits per heavy atom. The second-order valence-corrected chi connectivity index (χ2v) is 8.47. The fraction of sp³-hybridized carbons (Fsp3) is 0.0769. The molecule has 1 fully saturated rings. The lowest BCUT2D eigenvalue weighted by Crippen LogP contribution is -2.29. The number of rotatable bonds is 6. The number of pyridine rings is 1. The summed E-state index contributed by atoms with van der Waals surface area (Å²) in [5.41, 5.74) is 1.29. The molecule has 3 N–H and O–H groups in total. The summed E-state index contributed by atoms with van der Waals surface area (Å²) in [4.78, 5) is 29.4. The molecule has 0 unspecified atom stereocenters. The molecule has 180 valence electrons. The van der Waals surface area contributed by atoms with E-state index in [9.17, 15) is 24.2 Å². The first-order valence-corrected chi connectivity index (χ1v) is 11.2. The van der Waals surface area contributed by atoms with Gasteiger partial charge < -0.3 is 24.8 Å². The normalized spacial score (nSPS) is 17.1. The maximum Gasteiger partial charge on any atom is 0.335 e. The van der Waals surface area contributed by atoms with E-state index >= 15 is 0 Å². The van der Waals surface area contributed by atoms with Crippen molar-refractivity contribution < 1.29 is 28.6 Å². The molecule has 3 heterocycles. The van der Waals surface area contributed by atoms with Gasteiger partial charge in [0.25, 0.3) is 0 Å². The number of carbonyl (C=O) groups is 2. The van der Waals surface area contributed by atoms with Gasteiger partial charge in [0, 0.05) is 17.4 Å². The molecule has 0 spiro atoms. The van der Waals surface area contributed by atoms with Gasteiger partial charge >= 0.3 is 11.9 Å². The van der Waals surface area contributed by atoms with Gasteiger partial charge in [-0.15, -0.1) is 0 Å². The van der Waals surface area contributed by atoms with Crippen molar-refractivity contribution in [3.63, 3.8) is 0 Å². The molecule has 2 aromatic carbocycles. The molecule has 2 atom stereocenters. The molecule has 8 nitrogen and oxygen atoms in total. The largest absolute Gasteiger partial charge is 0.478 e. The van der Waals surface area contributed by atoms with Crippen LogP contribution in [0, 0.1) is 5.82 Å². The van der Waals surface area contributed by atoms with Crippen LogP contribution in [0.4, 0.5) is 10.1 Å². The Bertz CT molecular complexity index is 1440. The van der Waals surface area contributed by atoms with E-state index in [0.29, 0.717) is 27.8 Å². The van der Waals surface area contributed by atoms with Gasteiger partial charge in [-0.05, 0) is 78.9 Å². The summed E-state index contributed by atoms with van der Waals surface area (Å²) in [7, 11) is 0. The molecular formula is C26H18FN3O5S. The third-order valence-electron chi connectivity index (χ3n) is 5.83. The molecule has 2 aromatic heterocycles. The second-order valence-electron chi connectivity index (χ2n) is 8.08. The van der Waals surface area contributed by atoms with E-state index in [4.69, 9.17) is 16.6 Å². The van der Waals surface area contributed by atoms with Crippen molar-refractivity contribution in [1.29, 1.82) is 0 Å². The van der Waals surface area contributed by atoms with E-state index in [-0.39, 0.29) is 22.7 Å². The molecule has 10 heteroatoms. The number of nitrogens with zero attached hydrogens (tertiary/aromatic N) is 2. The van der Waals surface area contributed by atoms with Crippen molar-refractivity contribution in [3.05, 3.63) is 107 Å². The van der Waals surface area contributed by atoms with Crippen molar-refractivity contribution >= 4 is 35.0 Å². The summed E-state index contributed by atoms with van der Waals surface area (Å²) in [5, 5.41) is 22.5. The zero-order valence-electron chi connectivity index (χ0n) is 18.5. The van der Waals surface area contributed by atoms with Gasteiger partial charge in [0.1, 0.15) is 23.4 Å². The molecule has 0 aliphatic carbocycles. The van der Waals surface area contributed by atoms with Crippen molar-refractivity contribution in [2.24, 2.45) is 0 Å². The highest BCUT2D eigenvalue weighted by molar-refractivity contribution is 7.80. The number of carboxylic acid groups (broad SMARTS) is 2. The van der Waals surface area contributed by atoms with Crippen LogP contribution in [0.2, 0.25) is 0 Å². The lowest BCUT2D eigenvalue weighted by atomic mass is 10.0. The molecule has 1 saturated heterocycles. The monoisotopic (exact) mass is 503 g/mol. The van der Waals surface area contributed by atoms with E-state index in [2.05, 4.69) is 10.3 Å². The number of carboxylic acids is 2. The minimum atomic E-state index is -1.26. The zero-order valence-corrected chi connectivity index (χ0v) is 19.3. The first-order valence-electron chi connectivity index (χ1n) is 10.8. The van der Waals surface area contributed by atoms with Crippen molar-refractivity contribution in [1.82, 2.24) is 10.3 Å². The van der Waals surface area contributed by atoms with Gasteiger partial charge in [0.05, 0.1) is 22.9 Å². The van der Waals surface area contributed by atoms with Crippen molar-refractivity contribution in [2.75, 3.05) is 4.90 Å². The Balaban J connectivity index is 1.61. The number of nitrogens with one attached hydrogen (secondary N) is 1. The van der Waals surface area contributed by atoms with E-state index in [0.717, 1.165) is 6.07 Å². The summed E-state index contributed by atoms with van der Waals surface area (Å²) in [6, 6.07) is 17.6. The summed E-state index contributed by atoms with van der Waals surface area (Å²) < 4.78 is 19.8. The number of furan rings is 1. The molecule has 1 aliphatic heterocycles. The number of thiocarbonyl (C=S) groups is 1. The molecule has 0 amide bonds.